The lowest BCUT2D eigenvalue weighted by Gasteiger charge is -2.19. The van der Waals surface area contributed by atoms with E-state index in [1.54, 1.807) is 0 Å². The van der Waals surface area contributed by atoms with Crippen molar-refractivity contribution in [1.29, 1.82) is 0 Å². The van der Waals surface area contributed by atoms with Crippen LogP contribution in [0.25, 0.3) is 0 Å². The lowest BCUT2D eigenvalue weighted by molar-refractivity contribution is -0.121. The molecule has 0 aromatic carbocycles. The highest BCUT2D eigenvalue weighted by Crippen LogP contribution is 2.39. The van der Waals surface area contributed by atoms with Gasteiger partial charge in [-0.1, -0.05) is 20.3 Å². The molecule has 0 spiro atoms. The van der Waals surface area contributed by atoms with E-state index in [1.807, 2.05) is 39.5 Å². The lowest BCUT2D eigenvalue weighted by Crippen LogP contribution is -2.34. The third kappa shape index (κ3) is 11.1. The average molecular weight is 444 g/mol. The number of alkyl carbamates (subject to hydrolysis) is 1. The van der Waals surface area contributed by atoms with E-state index < -0.39 is 5.60 Å². The maximum absolute atomic E-state index is 11.5. The maximum atomic E-state index is 11.5. The van der Waals surface area contributed by atoms with Gasteiger partial charge in [-0.2, -0.15) is 11.8 Å². The minimum absolute atomic E-state index is 0.174. The highest BCUT2D eigenvalue weighted by molar-refractivity contribution is 8.00. The molecule has 3 amide bonds. The van der Waals surface area contributed by atoms with Crippen LogP contribution in [0.15, 0.2) is 0 Å². The van der Waals surface area contributed by atoms with Gasteiger partial charge in [0.15, 0.2) is 0 Å². The van der Waals surface area contributed by atoms with Crippen LogP contribution >= 0.6 is 11.8 Å². The Labute approximate surface area is 186 Å². The Morgan fingerprint density at radius 3 is 2.43 bits per heavy atom. The van der Waals surface area contributed by atoms with Crippen LogP contribution in [0.4, 0.5) is 4.79 Å². The standard InChI is InChI=1S/C14H24N2O2S.C8H17NO2/c1-2-7-15-12(17)6-4-3-5-11-14-10(9-19-11)8-13(18)16-14;1-5-6-9-7(10)11-8(2,3)4/h10-11,14H,2-9H2,1H3,(H,15,17)(H,16,18);5-6H2,1-4H3,(H,9,10)/t10-,11?,14-;/m0./s1. The molecule has 0 aromatic rings. The number of carbonyl (C=O) groups excluding carboxylic acids is 3. The minimum atomic E-state index is -0.391. The predicted octanol–water partition coefficient (Wildman–Crippen LogP) is 3.61. The van der Waals surface area contributed by atoms with Crippen LogP contribution in [0.5, 0.6) is 0 Å². The number of carbonyl (C=O) groups is 3. The smallest absolute Gasteiger partial charge is 0.407 e. The number of fused-ring (bicyclic) bond motifs is 1. The molecule has 1 unspecified atom stereocenters. The zero-order valence-corrected chi connectivity index (χ0v) is 20.2. The Kier molecular flexibility index (Phi) is 12.2. The molecule has 7 nitrogen and oxygen atoms in total. The minimum Gasteiger partial charge on any atom is -0.444 e. The van der Waals surface area contributed by atoms with E-state index in [-0.39, 0.29) is 17.9 Å². The van der Waals surface area contributed by atoms with Crippen molar-refractivity contribution in [3.8, 4) is 0 Å². The number of unbranched alkanes of at least 4 members (excludes halogenated alkanes) is 1. The van der Waals surface area contributed by atoms with E-state index in [0.29, 0.717) is 36.6 Å². The van der Waals surface area contributed by atoms with Gasteiger partial charge in [0.1, 0.15) is 5.60 Å². The molecule has 0 aromatic heterocycles. The number of thioether (sulfide) groups is 1. The van der Waals surface area contributed by atoms with Gasteiger partial charge in [-0.25, -0.2) is 4.79 Å². The molecule has 3 atom stereocenters. The number of amides is 3. The van der Waals surface area contributed by atoms with Crippen LogP contribution < -0.4 is 16.0 Å². The fourth-order valence-corrected chi connectivity index (χ4v) is 5.08. The van der Waals surface area contributed by atoms with Gasteiger partial charge in [0.25, 0.3) is 0 Å². The summed E-state index contributed by atoms with van der Waals surface area (Å²) in [5, 5.41) is 9.20. The fourth-order valence-electron chi connectivity index (χ4n) is 3.43. The fraction of sp³-hybridized carbons (Fsp3) is 0.864. The van der Waals surface area contributed by atoms with Gasteiger partial charge in [0.2, 0.25) is 11.8 Å². The highest BCUT2D eigenvalue weighted by atomic mass is 32.2. The van der Waals surface area contributed by atoms with Gasteiger partial charge in [-0.15, -0.1) is 0 Å². The first-order valence-electron chi connectivity index (χ1n) is 11.3. The first-order valence-corrected chi connectivity index (χ1v) is 12.4. The summed E-state index contributed by atoms with van der Waals surface area (Å²) >= 11 is 1.99. The Morgan fingerprint density at radius 2 is 1.80 bits per heavy atom. The Bertz CT molecular complexity index is 551. The summed E-state index contributed by atoms with van der Waals surface area (Å²) < 4.78 is 4.99. The number of rotatable bonds is 9. The summed E-state index contributed by atoms with van der Waals surface area (Å²) in [5.74, 6) is 2.06. The summed E-state index contributed by atoms with van der Waals surface area (Å²) in [7, 11) is 0. The number of ether oxygens (including phenoxy) is 1. The molecule has 2 aliphatic rings. The maximum Gasteiger partial charge on any atom is 0.407 e. The molecule has 8 heteroatoms. The topological polar surface area (TPSA) is 96.5 Å². The first-order chi connectivity index (χ1) is 14.2. The summed E-state index contributed by atoms with van der Waals surface area (Å²) in [4.78, 5) is 33.7. The molecule has 2 rings (SSSR count). The Morgan fingerprint density at radius 1 is 1.13 bits per heavy atom. The van der Waals surface area contributed by atoms with Gasteiger partial charge in [0.05, 0.1) is 0 Å². The van der Waals surface area contributed by atoms with E-state index in [2.05, 4.69) is 22.9 Å². The van der Waals surface area contributed by atoms with Crippen molar-refractivity contribution in [3.63, 3.8) is 0 Å². The van der Waals surface area contributed by atoms with Crippen LogP contribution in [-0.4, -0.2) is 53.6 Å². The third-order valence-electron chi connectivity index (χ3n) is 4.84. The van der Waals surface area contributed by atoms with Crippen LogP contribution in [0.2, 0.25) is 0 Å². The summed E-state index contributed by atoms with van der Waals surface area (Å²) in [6.07, 6.45) is 6.10. The molecule has 2 fully saturated rings. The monoisotopic (exact) mass is 443 g/mol. The van der Waals surface area contributed by atoms with Gasteiger partial charge in [-0.3, -0.25) is 9.59 Å². The van der Waals surface area contributed by atoms with Crippen LogP contribution in [0, 0.1) is 5.92 Å². The Balaban J connectivity index is 0.000000352. The molecule has 30 heavy (non-hydrogen) atoms. The lowest BCUT2D eigenvalue weighted by atomic mass is 9.97. The number of hydrogen-bond acceptors (Lipinski definition) is 5. The summed E-state index contributed by atoms with van der Waals surface area (Å²) in [6, 6.07) is 0.395. The van der Waals surface area contributed by atoms with Gasteiger partial charge >= 0.3 is 6.09 Å². The van der Waals surface area contributed by atoms with E-state index in [0.717, 1.165) is 44.4 Å². The molecule has 0 bridgehead atoms. The van der Waals surface area contributed by atoms with Gasteiger partial charge < -0.3 is 20.7 Å². The number of hydrogen-bond donors (Lipinski definition) is 3. The van der Waals surface area contributed by atoms with Crippen molar-refractivity contribution in [2.24, 2.45) is 5.92 Å². The highest BCUT2D eigenvalue weighted by Gasteiger charge is 2.42. The molecule has 0 radical (unpaired) electrons. The summed E-state index contributed by atoms with van der Waals surface area (Å²) in [6.45, 7) is 11.1. The zero-order valence-electron chi connectivity index (χ0n) is 19.3. The van der Waals surface area contributed by atoms with E-state index >= 15 is 0 Å². The quantitative estimate of drug-likeness (QED) is 0.473. The molecular weight excluding hydrogens is 402 g/mol. The van der Waals surface area contributed by atoms with Crippen LogP contribution in [-0.2, 0) is 14.3 Å². The third-order valence-corrected chi connectivity index (χ3v) is 6.42. The van der Waals surface area contributed by atoms with E-state index in [4.69, 9.17) is 4.74 Å². The van der Waals surface area contributed by atoms with Crippen molar-refractivity contribution < 1.29 is 19.1 Å². The molecule has 2 aliphatic heterocycles. The van der Waals surface area contributed by atoms with E-state index in [9.17, 15) is 14.4 Å². The van der Waals surface area contributed by atoms with Crippen LogP contribution in [0.3, 0.4) is 0 Å². The molecule has 2 saturated heterocycles. The number of nitrogens with one attached hydrogen (secondary N) is 3. The molecule has 2 heterocycles. The molecule has 0 aliphatic carbocycles. The van der Waals surface area contributed by atoms with Crippen LogP contribution in [0.1, 0.15) is 79.6 Å². The average Bonchev–Trinajstić information content (AvgIpc) is 3.20. The molecule has 174 valence electrons. The predicted molar refractivity (Wildman–Crippen MR) is 123 cm³/mol. The normalized spacial score (nSPS) is 22.4. The second-order valence-electron chi connectivity index (χ2n) is 8.95. The zero-order chi connectivity index (χ0) is 22.6. The van der Waals surface area contributed by atoms with Crippen molar-refractivity contribution in [3.05, 3.63) is 0 Å². The largest absolute Gasteiger partial charge is 0.444 e. The SMILES string of the molecule is CCCNC(=O)CCCCC1SC[C@@H]2CC(=O)N[C@H]12.CCCNC(=O)OC(C)(C)C. The van der Waals surface area contributed by atoms with Crippen molar-refractivity contribution in [2.45, 2.75) is 96.5 Å². The van der Waals surface area contributed by atoms with Gasteiger partial charge in [0, 0.05) is 37.2 Å². The van der Waals surface area contributed by atoms with Gasteiger partial charge in [-0.05, 0) is 58.1 Å². The van der Waals surface area contributed by atoms with E-state index in [1.165, 1.54) is 0 Å². The molecule has 3 N–H and O–H groups in total. The Hall–Kier alpha value is -1.44. The van der Waals surface area contributed by atoms with Crippen molar-refractivity contribution in [1.82, 2.24) is 16.0 Å². The molecular formula is C22H41N3O4S. The first kappa shape index (κ1) is 26.6. The molecule has 0 saturated carbocycles. The van der Waals surface area contributed by atoms with Crippen molar-refractivity contribution >= 4 is 29.7 Å². The second kappa shape index (κ2) is 13.8. The van der Waals surface area contributed by atoms with Crippen molar-refractivity contribution in [2.75, 3.05) is 18.8 Å². The second-order valence-corrected chi connectivity index (χ2v) is 10.2. The summed E-state index contributed by atoms with van der Waals surface area (Å²) in [5.41, 5.74) is -0.391.